The van der Waals surface area contributed by atoms with Crippen LogP contribution in [-0.2, 0) is 13.0 Å². The summed E-state index contributed by atoms with van der Waals surface area (Å²) in [5.41, 5.74) is 6.68. The van der Waals surface area contributed by atoms with Crippen LogP contribution in [0.4, 0.5) is 0 Å². The van der Waals surface area contributed by atoms with E-state index in [-0.39, 0.29) is 5.69 Å². The van der Waals surface area contributed by atoms with Gasteiger partial charge in [0.25, 0.3) is 17.4 Å². The van der Waals surface area contributed by atoms with E-state index >= 15 is 0 Å². The van der Waals surface area contributed by atoms with Crippen molar-refractivity contribution in [2.24, 2.45) is 0 Å². The molecule has 0 saturated heterocycles. The van der Waals surface area contributed by atoms with E-state index in [9.17, 15) is 14.4 Å². The molecule has 162 valence electrons. The Balaban J connectivity index is 1.43. The molecule has 0 radical (unpaired) electrons. The predicted octanol–water partition coefficient (Wildman–Crippen LogP) is 1.78. The summed E-state index contributed by atoms with van der Waals surface area (Å²) in [5.74, 6) is -0.220. The van der Waals surface area contributed by atoms with Crippen molar-refractivity contribution in [3.8, 4) is 0 Å². The number of aryl methyl sites for hydroxylation is 3. The number of imidazole rings is 1. The van der Waals surface area contributed by atoms with Gasteiger partial charge in [0.1, 0.15) is 11.3 Å². The van der Waals surface area contributed by atoms with Gasteiger partial charge in [0.2, 0.25) is 0 Å². The third kappa shape index (κ3) is 3.39. The molecule has 0 atom stereocenters. The minimum atomic E-state index is -0.645. The molecule has 4 heterocycles. The first-order valence-corrected chi connectivity index (χ1v) is 10.5. The summed E-state index contributed by atoms with van der Waals surface area (Å²) in [7, 11) is 0. The van der Waals surface area contributed by atoms with E-state index < -0.39 is 17.4 Å². The van der Waals surface area contributed by atoms with Crippen LogP contribution in [0.15, 0.2) is 35.1 Å². The van der Waals surface area contributed by atoms with Crippen LogP contribution >= 0.6 is 0 Å². The number of nitrogens with one attached hydrogen (secondary N) is 3. The van der Waals surface area contributed by atoms with Crippen molar-refractivity contribution in [2.75, 3.05) is 0 Å². The summed E-state index contributed by atoms with van der Waals surface area (Å²) in [6, 6.07) is 8.29. The second-order valence-corrected chi connectivity index (χ2v) is 7.83. The van der Waals surface area contributed by atoms with Crippen LogP contribution in [0.25, 0.3) is 21.9 Å². The molecule has 0 unspecified atom stereocenters. The van der Waals surface area contributed by atoms with E-state index in [1.165, 1.54) is 0 Å². The molecule has 5 rings (SSSR count). The van der Waals surface area contributed by atoms with Crippen LogP contribution in [-0.4, -0.2) is 36.5 Å². The van der Waals surface area contributed by atoms with E-state index in [4.69, 9.17) is 0 Å². The highest BCUT2D eigenvalue weighted by atomic mass is 16.2. The van der Waals surface area contributed by atoms with Crippen LogP contribution in [0, 0.1) is 6.92 Å². The highest BCUT2D eigenvalue weighted by Crippen LogP contribution is 2.24. The van der Waals surface area contributed by atoms with Crippen LogP contribution < -0.4 is 16.4 Å². The zero-order chi connectivity index (χ0) is 22.2. The summed E-state index contributed by atoms with van der Waals surface area (Å²) in [6.07, 6.45) is 4.09. The third-order valence-electron chi connectivity index (χ3n) is 5.64. The van der Waals surface area contributed by atoms with E-state index in [1.807, 2.05) is 6.92 Å². The molecular formula is C22H21N7O3. The van der Waals surface area contributed by atoms with Crippen molar-refractivity contribution in [2.45, 2.75) is 39.2 Å². The lowest BCUT2D eigenvalue weighted by Gasteiger charge is -2.09. The standard InChI is InChI=1S/C22H21N7O3/c1-12-11-15(17-19(23-12)29-10-6-2-3-9-16(29)24-17)21(31)27-28-22(32)18-13-7-4-5-8-14(13)20(30)26-25-18/h4-5,7-8,11H,2-3,6,9-10H2,1H3,(H,26,30)(H,27,31)(H,28,32). The number of hydrogen-bond acceptors (Lipinski definition) is 6. The summed E-state index contributed by atoms with van der Waals surface area (Å²) in [5, 5.41) is 6.88. The Bertz CT molecular complexity index is 1440. The number of fused-ring (bicyclic) bond motifs is 4. The summed E-state index contributed by atoms with van der Waals surface area (Å²) < 4.78 is 2.08. The number of H-pyrrole nitrogens is 1. The SMILES string of the molecule is Cc1cc(C(=O)NNC(=O)c2n[nH]c(=O)c3ccccc23)c2nc3n(c2n1)CCCCC3. The number of carbonyl (C=O) groups is 2. The maximum absolute atomic E-state index is 13.0. The fourth-order valence-electron chi connectivity index (χ4n) is 4.12. The Kier molecular flexibility index (Phi) is 4.89. The van der Waals surface area contributed by atoms with Crippen molar-refractivity contribution in [3.63, 3.8) is 0 Å². The van der Waals surface area contributed by atoms with Gasteiger partial charge in [-0.05, 0) is 31.9 Å². The molecule has 1 aliphatic heterocycles. The zero-order valence-electron chi connectivity index (χ0n) is 17.4. The lowest BCUT2D eigenvalue weighted by atomic mass is 10.1. The molecular weight excluding hydrogens is 410 g/mol. The second-order valence-electron chi connectivity index (χ2n) is 7.83. The van der Waals surface area contributed by atoms with Gasteiger partial charge < -0.3 is 4.57 Å². The predicted molar refractivity (Wildman–Crippen MR) is 117 cm³/mol. The Hall–Kier alpha value is -4.08. The Morgan fingerprint density at radius 3 is 2.66 bits per heavy atom. The van der Waals surface area contributed by atoms with Gasteiger partial charge in [-0.2, -0.15) is 5.10 Å². The monoisotopic (exact) mass is 431 g/mol. The van der Waals surface area contributed by atoms with Crippen molar-refractivity contribution in [1.29, 1.82) is 0 Å². The number of aromatic amines is 1. The molecule has 10 heteroatoms. The van der Waals surface area contributed by atoms with Gasteiger partial charge in [0, 0.05) is 24.0 Å². The first-order valence-electron chi connectivity index (χ1n) is 10.5. The van der Waals surface area contributed by atoms with Gasteiger partial charge in [-0.15, -0.1) is 0 Å². The molecule has 0 spiro atoms. The van der Waals surface area contributed by atoms with E-state index in [0.29, 0.717) is 33.2 Å². The molecule has 10 nitrogen and oxygen atoms in total. The van der Waals surface area contributed by atoms with E-state index in [2.05, 4.69) is 35.6 Å². The van der Waals surface area contributed by atoms with Gasteiger partial charge in [-0.25, -0.2) is 15.1 Å². The fraction of sp³-hybridized carbons (Fsp3) is 0.273. The van der Waals surface area contributed by atoms with Gasteiger partial charge >= 0.3 is 0 Å². The number of carbonyl (C=O) groups excluding carboxylic acids is 2. The summed E-state index contributed by atoms with van der Waals surface area (Å²) in [6.45, 7) is 2.65. The Morgan fingerprint density at radius 1 is 1.03 bits per heavy atom. The highest BCUT2D eigenvalue weighted by Gasteiger charge is 2.22. The number of amides is 2. The molecule has 0 fully saturated rings. The molecule has 0 aliphatic carbocycles. The molecule has 0 bridgehead atoms. The summed E-state index contributed by atoms with van der Waals surface area (Å²) in [4.78, 5) is 46.9. The topological polar surface area (TPSA) is 135 Å². The van der Waals surface area contributed by atoms with Crippen molar-refractivity contribution < 1.29 is 9.59 Å². The molecule has 0 saturated carbocycles. The van der Waals surface area contributed by atoms with Crippen molar-refractivity contribution >= 4 is 33.8 Å². The number of hydrogen-bond donors (Lipinski definition) is 3. The van der Waals surface area contributed by atoms with Gasteiger partial charge in [-0.3, -0.25) is 25.2 Å². The Labute approximate surface area is 182 Å². The van der Waals surface area contributed by atoms with Crippen LogP contribution in [0.3, 0.4) is 0 Å². The number of hydrazine groups is 1. The minimum absolute atomic E-state index is 0.00487. The number of rotatable bonds is 2. The van der Waals surface area contributed by atoms with Crippen molar-refractivity contribution in [1.82, 2.24) is 35.6 Å². The first kappa shape index (κ1) is 19.9. The smallest absolute Gasteiger partial charge is 0.290 e. The van der Waals surface area contributed by atoms with Crippen LogP contribution in [0.2, 0.25) is 0 Å². The van der Waals surface area contributed by atoms with Crippen LogP contribution in [0.5, 0.6) is 0 Å². The number of benzene rings is 1. The largest absolute Gasteiger partial charge is 0.313 e. The molecule has 3 N–H and O–H groups in total. The average molecular weight is 431 g/mol. The molecule has 2 amide bonds. The normalized spacial score (nSPS) is 13.5. The molecule has 3 aromatic heterocycles. The van der Waals surface area contributed by atoms with Gasteiger partial charge in [0.15, 0.2) is 11.3 Å². The Morgan fingerprint density at radius 2 is 1.81 bits per heavy atom. The lowest BCUT2D eigenvalue weighted by Crippen LogP contribution is -2.42. The quantitative estimate of drug-likeness (QED) is 0.414. The highest BCUT2D eigenvalue weighted by molar-refractivity contribution is 6.08. The number of nitrogens with zero attached hydrogens (tertiary/aromatic N) is 4. The number of aromatic nitrogens is 5. The molecule has 1 aliphatic rings. The molecule has 4 aromatic rings. The fourth-order valence-corrected chi connectivity index (χ4v) is 4.12. The summed E-state index contributed by atoms with van der Waals surface area (Å²) >= 11 is 0. The van der Waals surface area contributed by atoms with E-state index in [0.717, 1.165) is 38.1 Å². The van der Waals surface area contributed by atoms with E-state index in [1.54, 1.807) is 30.3 Å². The zero-order valence-corrected chi connectivity index (χ0v) is 17.4. The maximum Gasteiger partial charge on any atom is 0.290 e. The van der Waals surface area contributed by atoms with Gasteiger partial charge in [-0.1, -0.05) is 24.6 Å². The number of pyridine rings is 1. The molecule has 1 aromatic carbocycles. The third-order valence-corrected chi connectivity index (χ3v) is 5.64. The lowest BCUT2D eigenvalue weighted by molar-refractivity contribution is 0.0845. The van der Waals surface area contributed by atoms with Crippen LogP contribution in [0.1, 0.15) is 51.6 Å². The first-order chi connectivity index (χ1) is 15.5. The van der Waals surface area contributed by atoms with Crippen molar-refractivity contribution in [3.05, 3.63) is 63.5 Å². The molecule has 32 heavy (non-hydrogen) atoms. The minimum Gasteiger partial charge on any atom is -0.313 e. The average Bonchev–Trinajstić information content (AvgIpc) is 2.97. The second kappa shape index (κ2) is 7.88. The maximum atomic E-state index is 13.0. The van der Waals surface area contributed by atoms with Gasteiger partial charge in [0.05, 0.1) is 10.9 Å².